The Morgan fingerprint density at radius 2 is 2.15 bits per heavy atom. The number of rotatable bonds is 6. The lowest BCUT2D eigenvalue weighted by atomic mass is 10.2. The molecule has 138 valence electrons. The molecule has 8 heteroatoms. The maximum absolute atomic E-state index is 12.5. The van der Waals surface area contributed by atoms with Gasteiger partial charge in [-0.1, -0.05) is 6.07 Å². The van der Waals surface area contributed by atoms with E-state index in [0.29, 0.717) is 12.4 Å². The van der Waals surface area contributed by atoms with Gasteiger partial charge in [-0.25, -0.2) is 18.1 Å². The molecule has 1 saturated heterocycles. The molecule has 2 N–H and O–H groups in total. The van der Waals surface area contributed by atoms with Gasteiger partial charge < -0.3 is 10.1 Å². The van der Waals surface area contributed by atoms with E-state index in [2.05, 4.69) is 15.0 Å². The van der Waals surface area contributed by atoms with Crippen LogP contribution in [0.2, 0.25) is 0 Å². The Morgan fingerprint density at radius 3 is 2.88 bits per heavy atom. The van der Waals surface area contributed by atoms with Crippen molar-refractivity contribution in [1.82, 2.24) is 9.71 Å². The first-order valence-electron chi connectivity index (χ1n) is 8.39. The zero-order valence-electron chi connectivity index (χ0n) is 14.4. The van der Waals surface area contributed by atoms with Gasteiger partial charge in [0.1, 0.15) is 5.82 Å². The molecule has 2 aromatic rings. The number of anilines is 1. The minimum atomic E-state index is -3.71. The second kappa shape index (κ2) is 7.94. The summed E-state index contributed by atoms with van der Waals surface area (Å²) in [5.74, 6) is -0.000886. The number of pyridine rings is 1. The number of carbonyl (C=O) groups is 1. The van der Waals surface area contributed by atoms with Crippen molar-refractivity contribution in [2.24, 2.45) is 0 Å². The molecule has 1 aromatic carbocycles. The van der Waals surface area contributed by atoms with Gasteiger partial charge in [-0.3, -0.25) is 4.79 Å². The topological polar surface area (TPSA) is 97.4 Å². The van der Waals surface area contributed by atoms with Gasteiger partial charge in [-0.2, -0.15) is 0 Å². The van der Waals surface area contributed by atoms with Crippen LogP contribution in [-0.2, 0) is 14.8 Å². The second-order valence-corrected chi connectivity index (χ2v) is 7.95. The molecule has 1 aliphatic rings. The van der Waals surface area contributed by atoms with E-state index in [0.717, 1.165) is 18.4 Å². The molecule has 0 saturated carbocycles. The fourth-order valence-electron chi connectivity index (χ4n) is 2.69. The number of carbonyl (C=O) groups excluding carboxylic acids is 1. The lowest BCUT2D eigenvalue weighted by molar-refractivity contribution is 0.102. The molecule has 2 heterocycles. The van der Waals surface area contributed by atoms with E-state index in [-0.39, 0.29) is 23.1 Å². The normalized spacial score (nSPS) is 17.2. The summed E-state index contributed by atoms with van der Waals surface area (Å²) in [6.45, 7) is 2.78. The molecule has 1 fully saturated rings. The van der Waals surface area contributed by atoms with Crippen molar-refractivity contribution >= 4 is 21.7 Å². The highest BCUT2D eigenvalue weighted by Gasteiger charge is 2.21. The van der Waals surface area contributed by atoms with E-state index in [9.17, 15) is 13.2 Å². The number of ether oxygens (including phenoxy) is 1. The van der Waals surface area contributed by atoms with E-state index >= 15 is 0 Å². The highest BCUT2D eigenvalue weighted by molar-refractivity contribution is 7.89. The molecule has 0 aliphatic carbocycles. The molecule has 0 radical (unpaired) electrons. The van der Waals surface area contributed by atoms with Gasteiger partial charge in [0.2, 0.25) is 10.0 Å². The average Bonchev–Trinajstić information content (AvgIpc) is 3.14. The molecule has 3 rings (SSSR count). The number of benzene rings is 1. The second-order valence-electron chi connectivity index (χ2n) is 6.19. The third-order valence-electron chi connectivity index (χ3n) is 4.09. The van der Waals surface area contributed by atoms with Gasteiger partial charge in [0.15, 0.2) is 0 Å². The van der Waals surface area contributed by atoms with Crippen molar-refractivity contribution in [3.63, 3.8) is 0 Å². The Labute approximate surface area is 152 Å². The molecule has 0 unspecified atom stereocenters. The number of hydrogen-bond acceptors (Lipinski definition) is 5. The number of aromatic nitrogens is 1. The molecule has 0 spiro atoms. The van der Waals surface area contributed by atoms with E-state index in [1.165, 1.54) is 12.1 Å². The van der Waals surface area contributed by atoms with E-state index in [1.807, 2.05) is 13.0 Å². The molecule has 1 aliphatic heterocycles. The number of amides is 1. The Kier molecular flexibility index (Phi) is 5.65. The quantitative estimate of drug-likeness (QED) is 0.806. The van der Waals surface area contributed by atoms with Gasteiger partial charge >= 0.3 is 0 Å². The van der Waals surface area contributed by atoms with Crippen molar-refractivity contribution in [2.45, 2.75) is 30.8 Å². The SMILES string of the molecule is Cc1ccnc(NC(=O)c2cccc(S(=O)(=O)NC[C@@H]3CCCO3)c2)c1. The first kappa shape index (κ1) is 18.5. The van der Waals surface area contributed by atoms with Crippen LogP contribution in [0.1, 0.15) is 28.8 Å². The van der Waals surface area contributed by atoms with Crippen LogP contribution in [0.4, 0.5) is 5.82 Å². The number of nitrogens with one attached hydrogen (secondary N) is 2. The molecule has 1 amide bonds. The smallest absolute Gasteiger partial charge is 0.256 e. The van der Waals surface area contributed by atoms with Crippen LogP contribution in [0.25, 0.3) is 0 Å². The van der Waals surface area contributed by atoms with Crippen LogP contribution < -0.4 is 10.0 Å². The predicted molar refractivity (Wildman–Crippen MR) is 97.5 cm³/mol. The number of sulfonamides is 1. The molecule has 0 bridgehead atoms. The molecule has 26 heavy (non-hydrogen) atoms. The monoisotopic (exact) mass is 375 g/mol. The van der Waals surface area contributed by atoms with Crippen molar-refractivity contribution in [1.29, 1.82) is 0 Å². The fraction of sp³-hybridized carbons (Fsp3) is 0.333. The molecule has 1 atom stereocenters. The Morgan fingerprint density at radius 1 is 1.31 bits per heavy atom. The third kappa shape index (κ3) is 4.66. The van der Waals surface area contributed by atoms with Crippen LogP contribution in [0, 0.1) is 6.92 Å². The molecular weight excluding hydrogens is 354 g/mol. The van der Waals surface area contributed by atoms with Crippen molar-refractivity contribution in [2.75, 3.05) is 18.5 Å². The lowest BCUT2D eigenvalue weighted by Crippen LogP contribution is -2.32. The van der Waals surface area contributed by atoms with Crippen LogP contribution >= 0.6 is 0 Å². The van der Waals surface area contributed by atoms with E-state index < -0.39 is 15.9 Å². The number of aryl methyl sites for hydroxylation is 1. The summed E-state index contributed by atoms with van der Waals surface area (Å²) >= 11 is 0. The summed E-state index contributed by atoms with van der Waals surface area (Å²) < 4.78 is 32.9. The summed E-state index contributed by atoms with van der Waals surface area (Å²) in [5, 5.41) is 2.67. The highest BCUT2D eigenvalue weighted by atomic mass is 32.2. The summed E-state index contributed by atoms with van der Waals surface area (Å²) in [5.41, 5.74) is 1.21. The van der Waals surface area contributed by atoms with Gasteiger partial charge in [0, 0.05) is 24.9 Å². The van der Waals surface area contributed by atoms with Crippen LogP contribution in [0.15, 0.2) is 47.5 Å². The minimum Gasteiger partial charge on any atom is -0.377 e. The predicted octanol–water partition coefficient (Wildman–Crippen LogP) is 2.10. The Bertz CT molecular complexity index is 893. The minimum absolute atomic E-state index is 0.0420. The van der Waals surface area contributed by atoms with E-state index in [4.69, 9.17) is 4.74 Å². The van der Waals surface area contributed by atoms with Crippen LogP contribution in [0.3, 0.4) is 0 Å². The van der Waals surface area contributed by atoms with E-state index in [1.54, 1.807) is 24.4 Å². The lowest BCUT2D eigenvalue weighted by Gasteiger charge is -2.12. The largest absolute Gasteiger partial charge is 0.377 e. The van der Waals surface area contributed by atoms with Crippen molar-refractivity contribution in [3.8, 4) is 0 Å². The summed E-state index contributed by atoms with van der Waals surface area (Å²) in [6, 6.07) is 9.47. The average molecular weight is 375 g/mol. The van der Waals surface area contributed by atoms with Gasteiger partial charge in [-0.15, -0.1) is 0 Å². The molecule has 7 nitrogen and oxygen atoms in total. The van der Waals surface area contributed by atoms with Gasteiger partial charge in [0.25, 0.3) is 5.91 Å². The third-order valence-corrected chi connectivity index (χ3v) is 5.51. The first-order chi connectivity index (χ1) is 12.4. The van der Waals surface area contributed by atoms with Gasteiger partial charge in [-0.05, 0) is 55.7 Å². The zero-order valence-corrected chi connectivity index (χ0v) is 15.3. The Hall–Kier alpha value is -2.29. The van der Waals surface area contributed by atoms with Crippen LogP contribution in [0.5, 0.6) is 0 Å². The maximum atomic E-state index is 12.5. The standard InChI is InChI=1S/C18H21N3O4S/c1-13-7-8-19-17(10-13)21-18(22)14-4-2-6-16(11-14)26(23,24)20-12-15-5-3-9-25-15/h2,4,6-8,10-11,15,20H,3,5,9,12H2,1H3,(H,19,21,22)/t15-/m0/s1. The summed E-state index contributed by atoms with van der Waals surface area (Å²) in [7, 11) is -3.71. The number of hydrogen-bond donors (Lipinski definition) is 2. The number of nitrogens with zero attached hydrogens (tertiary/aromatic N) is 1. The van der Waals surface area contributed by atoms with Crippen molar-refractivity contribution in [3.05, 3.63) is 53.7 Å². The fourth-order valence-corrected chi connectivity index (χ4v) is 3.80. The Balaban J connectivity index is 1.71. The molecule has 1 aromatic heterocycles. The van der Waals surface area contributed by atoms with Gasteiger partial charge in [0.05, 0.1) is 11.0 Å². The zero-order chi connectivity index (χ0) is 18.6. The molecular formula is C18H21N3O4S. The summed E-state index contributed by atoms with van der Waals surface area (Å²) in [4.78, 5) is 16.5. The summed E-state index contributed by atoms with van der Waals surface area (Å²) in [6.07, 6.45) is 3.29. The van der Waals surface area contributed by atoms with Crippen molar-refractivity contribution < 1.29 is 17.9 Å². The maximum Gasteiger partial charge on any atom is 0.256 e. The highest BCUT2D eigenvalue weighted by Crippen LogP contribution is 2.15. The van der Waals surface area contributed by atoms with Crippen LogP contribution in [-0.4, -0.2) is 38.6 Å². The first-order valence-corrected chi connectivity index (χ1v) is 9.88.